The molecule has 1 rings (SSSR count). The molecule has 64 valence electrons. The van der Waals surface area contributed by atoms with Gasteiger partial charge in [0.05, 0.1) is 6.61 Å². The van der Waals surface area contributed by atoms with E-state index < -0.39 is 11.4 Å². The molecule has 1 aliphatic heterocycles. The zero-order chi connectivity index (χ0) is 8.32. The molecule has 0 saturated carbocycles. The van der Waals surface area contributed by atoms with E-state index in [4.69, 9.17) is 10.2 Å². The van der Waals surface area contributed by atoms with Gasteiger partial charge in [0.1, 0.15) is 5.41 Å². The summed E-state index contributed by atoms with van der Waals surface area (Å²) in [4.78, 5) is 10.7. The normalized spacial score (nSPS) is 31.7. The van der Waals surface area contributed by atoms with Crippen molar-refractivity contribution in [2.45, 2.75) is 12.8 Å². The van der Waals surface area contributed by atoms with Gasteiger partial charge in [-0.25, -0.2) is 0 Å². The fourth-order valence-electron chi connectivity index (χ4n) is 1.35. The minimum absolute atomic E-state index is 0.269. The van der Waals surface area contributed by atoms with Crippen LogP contribution < -0.4 is 5.32 Å². The maximum absolute atomic E-state index is 10.7. The average molecular weight is 159 g/mol. The Bertz CT molecular complexity index is 152. The molecule has 1 aliphatic rings. The molecule has 0 aromatic carbocycles. The number of carbonyl (C=O) groups is 1. The zero-order valence-electron chi connectivity index (χ0n) is 6.34. The Hall–Kier alpha value is -0.610. The smallest absolute Gasteiger partial charge is 0.313 e. The first kappa shape index (κ1) is 8.49. The Kier molecular flexibility index (Phi) is 2.46. The van der Waals surface area contributed by atoms with Crippen molar-refractivity contribution in [2.24, 2.45) is 5.41 Å². The van der Waals surface area contributed by atoms with Gasteiger partial charge in [-0.05, 0) is 19.4 Å². The van der Waals surface area contributed by atoms with Gasteiger partial charge in [-0.1, -0.05) is 0 Å². The number of hydrogen-bond acceptors (Lipinski definition) is 3. The van der Waals surface area contributed by atoms with Crippen LogP contribution >= 0.6 is 0 Å². The molecule has 1 unspecified atom stereocenters. The molecule has 1 saturated heterocycles. The third kappa shape index (κ3) is 1.52. The Balaban J connectivity index is 2.64. The summed E-state index contributed by atoms with van der Waals surface area (Å²) in [6, 6.07) is 0. The molecule has 1 atom stereocenters. The van der Waals surface area contributed by atoms with Gasteiger partial charge in [0.2, 0.25) is 0 Å². The molecule has 3 N–H and O–H groups in total. The number of aliphatic carboxylic acids is 1. The molecule has 0 bridgehead atoms. The highest BCUT2D eigenvalue weighted by Gasteiger charge is 2.38. The lowest BCUT2D eigenvalue weighted by Crippen LogP contribution is -2.47. The van der Waals surface area contributed by atoms with Crippen molar-refractivity contribution in [1.29, 1.82) is 0 Å². The Morgan fingerprint density at radius 3 is 2.64 bits per heavy atom. The summed E-state index contributed by atoms with van der Waals surface area (Å²) < 4.78 is 0. The summed E-state index contributed by atoms with van der Waals surface area (Å²) in [6.07, 6.45) is 1.40. The van der Waals surface area contributed by atoms with Crippen LogP contribution in [-0.2, 0) is 4.79 Å². The number of aliphatic hydroxyl groups is 1. The summed E-state index contributed by atoms with van der Waals surface area (Å²) in [5, 5.41) is 20.6. The molecular formula is C7H13NO3. The van der Waals surface area contributed by atoms with Crippen molar-refractivity contribution in [1.82, 2.24) is 5.32 Å². The minimum Gasteiger partial charge on any atom is -0.481 e. The van der Waals surface area contributed by atoms with Gasteiger partial charge in [-0.3, -0.25) is 4.79 Å². The van der Waals surface area contributed by atoms with Crippen LogP contribution in [0.2, 0.25) is 0 Å². The first-order valence-electron chi connectivity index (χ1n) is 3.76. The van der Waals surface area contributed by atoms with E-state index in [-0.39, 0.29) is 6.61 Å². The van der Waals surface area contributed by atoms with Gasteiger partial charge in [0.25, 0.3) is 0 Å². The van der Waals surface area contributed by atoms with Gasteiger partial charge in [0, 0.05) is 6.54 Å². The van der Waals surface area contributed by atoms with Crippen molar-refractivity contribution >= 4 is 5.97 Å². The molecule has 0 amide bonds. The van der Waals surface area contributed by atoms with Gasteiger partial charge in [-0.2, -0.15) is 0 Å². The highest BCUT2D eigenvalue weighted by Crippen LogP contribution is 2.25. The summed E-state index contributed by atoms with van der Waals surface area (Å²) in [5.41, 5.74) is -0.918. The summed E-state index contributed by atoms with van der Waals surface area (Å²) >= 11 is 0. The largest absolute Gasteiger partial charge is 0.481 e. The topological polar surface area (TPSA) is 69.6 Å². The first-order chi connectivity index (χ1) is 5.21. The number of carboxylic acids is 1. The van der Waals surface area contributed by atoms with Crippen molar-refractivity contribution in [3.05, 3.63) is 0 Å². The molecule has 1 heterocycles. The molecule has 1 fully saturated rings. The maximum Gasteiger partial charge on any atom is 0.313 e. The molecule has 0 aliphatic carbocycles. The van der Waals surface area contributed by atoms with Crippen LogP contribution in [0, 0.1) is 5.41 Å². The average Bonchev–Trinajstić information content (AvgIpc) is 2.05. The first-order valence-corrected chi connectivity index (χ1v) is 3.76. The predicted octanol–water partition coefficient (Wildman–Crippen LogP) is -0.567. The third-order valence-corrected chi connectivity index (χ3v) is 2.23. The Labute approximate surface area is 65.2 Å². The van der Waals surface area contributed by atoms with Gasteiger partial charge in [-0.15, -0.1) is 0 Å². The second-order valence-corrected chi connectivity index (χ2v) is 3.02. The zero-order valence-corrected chi connectivity index (χ0v) is 6.34. The quantitative estimate of drug-likeness (QED) is 0.505. The van der Waals surface area contributed by atoms with Crippen LogP contribution in [0.25, 0.3) is 0 Å². The third-order valence-electron chi connectivity index (χ3n) is 2.23. The number of nitrogens with one attached hydrogen (secondary N) is 1. The highest BCUT2D eigenvalue weighted by atomic mass is 16.4. The molecule has 0 aromatic heterocycles. The number of aliphatic hydroxyl groups excluding tert-OH is 1. The van der Waals surface area contributed by atoms with E-state index in [1.54, 1.807) is 0 Å². The molecule has 0 spiro atoms. The van der Waals surface area contributed by atoms with Crippen LogP contribution in [0.1, 0.15) is 12.8 Å². The van der Waals surface area contributed by atoms with E-state index >= 15 is 0 Å². The second-order valence-electron chi connectivity index (χ2n) is 3.02. The van der Waals surface area contributed by atoms with E-state index in [0.29, 0.717) is 13.0 Å². The fourth-order valence-corrected chi connectivity index (χ4v) is 1.35. The van der Waals surface area contributed by atoms with Crippen LogP contribution in [0.5, 0.6) is 0 Å². The maximum atomic E-state index is 10.7. The predicted molar refractivity (Wildman–Crippen MR) is 39.3 cm³/mol. The molecule has 11 heavy (non-hydrogen) atoms. The van der Waals surface area contributed by atoms with Crippen molar-refractivity contribution in [3.63, 3.8) is 0 Å². The van der Waals surface area contributed by atoms with Crippen molar-refractivity contribution in [2.75, 3.05) is 19.7 Å². The minimum atomic E-state index is -0.918. The van der Waals surface area contributed by atoms with E-state index in [1.807, 2.05) is 0 Å². The van der Waals surface area contributed by atoms with Gasteiger partial charge >= 0.3 is 5.97 Å². The van der Waals surface area contributed by atoms with Crippen LogP contribution in [0.4, 0.5) is 0 Å². The molecule has 4 nitrogen and oxygen atoms in total. The fraction of sp³-hybridized carbons (Fsp3) is 0.857. The number of rotatable bonds is 2. The number of carboxylic acid groups (broad SMARTS) is 1. The summed E-state index contributed by atoms with van der Waals surface area (Å²) in [5.74, 6) is -0.896. The SMILES string of the molecule is O=C(O)C1(CO)CCCNC1. The second kappa shape index (κ2) is 3.19. The Morgan fingerprint density at radius 2 is 2.36 bits per heavy atom. The monoisotopic (exact) mass is 159 g/mol. The molecule has 4 heteroatoms. The number of hydrogen-bond donors (Lipinski definition) is 3. The molecular weight excluding hydrogens is 146 g/mol. The van der Waals surface area contributed by atoms with E-state index in [9.17, 15) is 4.79 Å². The lowest BCUT2D eigenvalue weighted by molar-refractivity contribution is -0.152. The summed E-state index contributed by atoms with van der Waals surface area (Å²) in [6.45, 7) is 0.975. The molecule has 0 radical (unpaired) electrons. The van der Waals surface area contributed by atoms with E-state index in [1.165, 1.54) is 0 Å². The lowest BCUT2D eigenvalue weighted by atomic mass is 9.82. The van der Waals surface area contributed by atoms with Gasteiger partial charge < -0.3 is 15.5 Å². The lowest BCUT2D eigenvalue weighted by Gasteiger charge is -2.31. The van der Waals surface area contributed by atoms with Gasteiger partial charge in [0.15, 0.2) is 0 Å². The van der Waals surface area contributed by atoms with Crippen molar-refractivity contribution < 1.29 is 15.0 Å². The molecule has 0 aromatic rings. The van der Waals surface area contributed by atoms with E-state index in [2.05, 4.69) is 5.32 Å². The van der Waals surface area contributed by atoms with Crippen LogP contribution in [0.3, 0.4) is 0 Å². The van der Waals surface area contributed by atoms with Crippen LogP contribution in [-0.4, -0.2) is 35.9 Å². The van der Waals surface area contributed by atoms with Crippen LogP contribution in [0.15, 0.2) is 0 Å². The summed E-state index contributed by atoms with van der Waals surface area (Å²) in [7, 11) is 0. The Morgan fingerprint density at radius 1 is 1.64 bits per heavy atom. The highest BCUT2D eigenvalue weighted by molar-refractivity contribution is 5.75. The standard InChI is InChI=1S/C7H13NO3/c9-5-7(6(10)11)2-1-3-8-4-7/h8-9H,1-5H2,(H,10,11). The van der Waals surface area contributed by atoms with E-state index in [0.717, 1.165) is 13.0 Å². The number of piperidine rings is 1. The van der Waals surface area contributed by atoms with Crippen molar-refractivity contribution in [3.8, 4) is 0 Å².